The Hall–Kier alpha value is -2.51. The summed E-state index contributed by atoms with van der Waals surface area (Å²) in [6.07, 6.45) is 0.384. The van der Waals surface area contributed by atoms with E-state index < -0.39 is 0 Å². The lowest BCUT2D eigenvalue weighted by atomic mass is 10.0. The molecular weight excluding hydrogens is 362 g/mol. The molecule has 0 radical (unpaired) electrons. The van der Waals surface area contributed by atoms with Crippen LogP contribution in [0.1, 0.15) is 24.9 Å². The maximum atomic E-state index is 12.3. The van der Waals surface area contributed by atoms with E-state index in [0.29, 0.717) is 24.5 Å². The van der Waals surface area contributed by atoms with Gasteiger partial charge in [-0.1, -0.05) is 42.5 Å². The molecule has 6 nitrogen and oxygen atoms in total. The quantitative estimate of drug-likeness (QED) is 0.683. The van der Waals surface area contributed by atoms with Crippen LogP contribution in [-0.2, 0) is 9.59 Å². The van der Waals surface area contributed by atoms with Crippen molar-refractivity contribution < 1.29 is 14.3 Å². The Labute approximate surface area is 163 Å². The van der Waals surface area contributed by atoms with Gasteiger partial charge in [0.15, 0.2) is 0 Å². The Morgan fingerprint density at radius 2 is 1.93 bits per heavy atom. The third-order valence-corrected chi connectivity index (χ3v) is 5.09. The Morgan fingerprint density at radius 3 is 2.70 bits per heavy atom. The summed E-state index contributed by atoms with van der Waals surface area (Å²) in [5, 5.41) is 9.12. The molecule has 1 fully saturated rings. The van der Waals surface area contributed by atoms with Crippen molar-refractivity contribution in [2.24, 2.45) is 0 Å². The number of amides is 2. The highest BCUT2D eigenvalue weighted by molar-refractivity contribution is 8.00. The fourth-order valence-corrected chi connectivity index (χ4v) is 3.73. The molecular formula is C20H23N3O3S. The van der Waals surface area contributed by atoms with Gasteiger partial charge < -0.3 is 15.4 Å². The first kappa shape index (κ1) is 19.3. The first-order valence-corrected chi connectivity index (χ1v) is 9.94. The molecule has 0 spiro atoms. The van der Waals surface area contributed by atoms with Crippen LogP contribution in [0, 0.1) is 0 Å². The van der Waals surface area contributed by atoms with E-state index in [2.05, 4.69) is 16.0 Å². The highest BCUT2D eigenvalue weighted by Crippen LogP contribution is 2.25. The summed E-state index contributed by atoms with van der Waals surface area (Å²) in [5.41, 5.74) is 1.39. The van der Waals surface area contributed by atoms with Gasteiger partial charge in [0.1, 0.15) is 11.2 Å². The van der Waals surface area contributed by atoms with Crippen molar-refractivity contribution in [3.63, 3.8) is 0 Å². The van der Waals surface area contributed by atoms with Gasteiger partial charge in [0, 0.05) is 12.5 Å². The second kappa shape index (κ2) is 9.43. The number of ether oxygens (including phenoxy) is 1. The number of rotatable bonds is 7. The molecule has 2 aromatic carbocycles. The zero-order valence-electron chi connectivity index (χ0n) is 15.1. The largest absolute Gasteiger partial charge is 0.492 e. The third-order valence-electron chi connectivity index (χ3n) is 4.08. The Kier molecular flexibility index (Phi) is 6.73. The lowest BCUT2D eigenvalue weighted by molar-refractivity contribution is -0.123. The van der Waals surface area contributed by atoms with E-state index in [1.165, 1.54) is 11.8 Å². The number of nitrogens with one attached hydrogen (secondary N) is 3. The van der Waals surface area contributed by atoms with Crippen LogP contribution in [0.4, 0.5) is 5.69 Å². The molecule has 7 heteroatoms. The molecule has 2 unspecified atom stereocenters. The Morgan fingerprint density at radius 1 is 1.19 bits per heavy atom. The van der Waals surface area contributed by atoms with E-state index in [-0.39, 0.29) is 29.1 Å². The van der Waals surface area contributed by atoms with Crippen LogP contribution in [0.25, 0.3) is 0 Å². The van der Waals surface area contributed by atoms with Crippen LogP contribution < -0.4 is 20.7 Å². The normalized spacial score (nSPS) is 19.2. The molecule has 2 amide bonds. The number of hydrogen-bond donors (Lipinski definition) is 3. The van der Waals surface area contributed by atoms with Crippen LogP contribution in [-0.4, -0.2) is 29.7 Å². The van der Waals surface area contributed by atoms with Crippen molar-refractivity contribution >= 4 is 29.3 Å². The Bertz CT molecular complexity index is 785. The van der Waals surface area contributed by atoms with Gasteiger partial charge >= 0.3 is 0 Å². The third kappa shape index (κ3) is 5.48. The van der Waals surface area contributed by atoms with Gasteiger partial charge in [-0.25, -0.2) is 0 Å². The molecule has 3 rings (SSSR count). The molecule has 1 saturated heterocycles. The summed E-state index contributed by atoms with van der Waals surface area (Å²) in [5.74, 6) is 0.679. The molecule has 0 aliphatic carbocycles. The minimum Gasteiger partial charge on any atom is -0.492 e. The molecule has 1 aliphatic heterocycles. The van der Waals surface area contributed by atoms with Gasteiger partial charge in [0.25, 0.3) is 0 Å². The van der Waals surface area contributed by atoms with Gasteiger partial charge in [-0.2, -0.15) is 0 Å². The first-order chi connectivity index (χ1) is 13.2. The van der Waals surface area contributed by atoms with E-state index in [1.807, 2.05) is 55.5 Å². The molecule has 1 heterocycles. The number of para-hydroxylation sites is 2. The van der Waals surface area contributed by atoms with Crippen molar-refractivity contribution in [2.45, 2.75) is 24.9 Å². The van der Waals surface area contributed by atoms with E-state index in [4.69, 9.17) is 4.74 Å². The van der Waals surface area contributed by atoms with Gasteiger partial charge in [-0.3, -0.25) is 14.9 Å². The molecule has 3 N–H and O–H groups in total. The molecule has 0 bridgehead atoms. The summed E-state index contributed by atoms with van der Waals surface area (Å²) < 4.78 is 5.52. The predicted octanol–water partition coefficient (Wildman–Crippen LogP) is 2.89. The van der Waals surface area contributed by atoms with Crippen molar-refractivity contribution in [1.29, 1.82) is 0 Å². The summed E-state index contributed by atoms with van der Waals surface area (Å²) in [4.78, 5) is 24.3. The lowest BCUT2D eigenvalue weighted by Gasteiger charge is -2.31. The van der Waals surface area contributed by atoms with E-state index in [9.17, 15) is 9.59 Å². The summed E-state index contributed by atoms with van der Waals surface area (Å²) in [6.45, 7) is 2.43. The SMILES string of the molecule is CCOc1ccccc1NC(=O)CSC1NC(=O)CC(c2ccccc2)N1. The fraction of sp³-hybridized carbons (Fsp3) is 0.300. The number of benzene rings is 2. The summed E-state index contributed by atoms with van der Waals surface area (Å²) >= 11 is 1.35. The number of carbonyl (C=O) groups excluding carboxylic acids is 2. The van der Waals surface area contributed by atoms with Crippen molar-refractivity contribution in [2.75, 3.05) is 17.7 Å². The van der Waals surface area contributed by atoms with Crippen LogP contribution >= 0.6 is 11.8 Å². The van der Waals surface area contributed by atoms with Crippen molar-refractivity contribution in [3.8, 4) is 5.75 Å². The summed E-state index contributed by atoms with van der Waals surface area (Å²) in [7, 11) is 0. The highest BCUT2D eigenvalue weighted by atomic mass is 32.2. The van der Waals surface area contributed by atoms with Gasteiger partial charge in [-0.15, -0.1) is 11.8 Å². The monoisotopic (exact) mass is 385 g/mol. The van der Waals surface area contributed by atoms with Crippen LogP contribution in [0.5, 0.6) is 5.75 Å². The van der Waals surface area contributed by atoms with Gasteiger partial charge in [0.05, 0.1) is 18.0 Å². The van der Waals surface area contributed by atoms with E-state index >= 15 is 0 Å². The minimum atomic E-state index is -0.315. The summed E-state index contributed by atoms with van der Waals surface area (Å²) in [6, 6.07) is 17.1. The zero-order valence-corrected chi connectivity index (χ0v) is 15.9. The topological polar surface area (TPSA) is 79.5 Å². The minimum absolute atomic E-state index is 0.0257. The smallest absolute Gasteiger partial charge is 0.234 e. The molecule has 0 saturated carbocycles. The molecule has 2 atom stereocenters. The number of anilines is 1. The van der Waals surface area contributed by atoms with Gasteiger partial charge in [0.2, 0.25) is 11.8 Å². The molecule has 142 valence electrons. The average Bonchev–Trinajstić information content (AvgIpc) is 2.68. The van der Waals surface area contributed by atoms with Crippen molar-refractivity contribution in [3.05, 3.63) is 60.2 Å². The maximum absolute atomic E-state index is 12.3. The first-order valence-electron chi connectivity index (χ1n) is 8.89. The highest BCUT2D eigenvalue weighted by Gasteiger charge is 2.27. The Balaban J connectivity index is 1.54. The number of carbonyl (C=O) groups is 2. The average molecular weight is 385 g/mol. The fourth-order valence-electron chi connectivity index (χ4n) is 2.86. The van der Waals surface area contributed by atoms with Crippen LogP contribution in [0.3, 0.4) is 0 Å². The molecule has 27 heavy (non-hydrogen) atoms. The standard InChI is InChI=1S/C20H23N3O3S/c1-2-26-17-11-7-6-10-15(17)21-19(25)13-27-20-22-16(12-18(24)23-20)14-8-4-3-5-9-14/h3-11,16,20,22H,2,12-13H2,1H3,(H,21,25)(H,23,24). The second-order valence-electron chi connectivity index (χ2n) is 6.07. The molecule has 1 aliphatic rings. The molecule has 0 aromatic heterocycles. The number of thioether (sulfide) groups is 1. The number of hydrogen-bond acceptors (Lipinski definition) is 5. The van der Waals surface area contributed by atoms with Crippen LogP contribution in [0.2, 0.25) is 0 Å². The van der Waals surface area contributed by atoms with Crippen LogP contribution in [0.15, 0.2) is 54.6 Å². The second-order valence-corrected chi connectivity index (χ2v) is 7.16. The van der Waals surface area contributed by atoms with E-state index in [1.54, 1.807) is 6.07 Å². The maximum Gasteiger partial charge on any atom is 0.234 e. The lowest BCUT2D eigenvalue weighted by Crippen LogP contribution is -2.51. The predicted molar refractivity (Wildman–Crippen MR) is 108 cm³/mol. The van der Waals surface area contributed by atoms with Crippen molar-refractivity contribution in [1.82, 2.24) is 10.6 Å². The molecule has 2 aromatic rings. The zero-order chi connectivity index (χ0) is 19.1. The van der Waals surface area contributed by atoms with Gasteiger partial charge in [-0.05, 0) is 24.6 Å². The van der Waals surface area contributed by atoms with E-state index in [0.717, 1.165) is 5.56 Å².